The number of hydrogen-bond donors (Lipinski definition) is 0. The number of hydrogen-bond acceptors (Lipinski definition) is 2. The van der Waals surface area contributed by atoms with Gasteiger partial charge in [-0.2, -0.15) is 0 Å². The molecular weight excluding hydrogens is 209 g/mol. The molecule has 0 aliphatic heterocycles. The Bertz CT molecular complexity index is 234. The fourth-order valence-electron chi connectivity index (χ4n) is 0.685. The molecule has 0 aliphatic rings. The smallest absolute Gasteiger partial charge is 0.157 e. The summed E-state index contributed by atoms with van der Waals surface area (Å²) < 4.78 is 0.894. The zero-order valence-electron chi connectivity index (χ0n) is 5.89. The fourth-order valence-corrected chi connectivity index (χ4v) is 2.42. The van der Waals surface area contributed by atoms with Crippen LogP contribution in [0.1, 0.15) is 24.6 Å². The van der Waals surface area contributed by atoms with Gasteiger partial charge < -0.3 is 0 Å². The van der Waals surface area contributed by atoms with Crippen LogP contribution in [0.15, 0.2) is 4.60 Å². The summed E-state index contributed by atoms with van der Waals surface area (Å²) in [7, 11) is 5.49. The normalized spacial score (nSPS) is 10.8. The second-order valence-corrected chi connectivity index (χ2v) is 4.18. The second-order valence-electron chi connectivity index (χ2n) is 2.36. The molecule has 52 valence electrons. The van der Waals surface area contributed by atoms with Crippen molar-refractivity contribution in [3.05, 3.63) is 9.48 Å². The summed E-state index contributed by atoms with van der Waals surface area (Å²) in [6.07, 6.45) is 0. The molecule has 10 heavy (non-hydrogen) atoms. The monoisotopic (exact) mass is 215 g/mol. The molecule has 0 bridgehead atoms. The molecule has 4 heteroatoms. The Morgan fingerprint density at radius 3 is 2.40 bits per heavy atom. The van der Waals surface area contributed by atoms with E-state index in [0.717, 1.165) is 4.60 Å². The number of thiazole rings is 1. The van der Waals surface area contributed by atoms with E-state index >= 15 is 0 Å². The molecule has 0 unspecified atom stereocenters. The summed E-state index contributed by atoms with van der Waals surface area (Å²) in [6, 6.07) is 0. The number of halogens is 1. The van der Waals surface area contributed by atoms with Crippen molar-refractivity contribution in [2.24, 2.45) is 0 Å². The van der Waals surface area contributed by atoms with Crippen LogP contribution in [0, 0.1) is 0 Å². The molecule has 0 fully saturated rings. The summed E-state index contributed by atoms with van der Waals surface area (Å²) in [4.78, 5) is 5.90. The first kappa shape index (κ1) is 8.27. The highest BCUT2D eigenvalue weighted by atomic mass is 79.9. The quantitative estimate of drug-likeness (QED) is 0.652. The summed E-state index contributed by atoms with van der Waals surface area (Å²) in [5.41, 5.74) is 0. The number of nitrogens with zero attached hydrogens (tertiary/aromatic N) is 1. The van der Waals surface area contributed by atoms with E-state index in [9.17, 15) is 0 Å². The average Bonchev–Trinajstić information content (AvgIpc) is 2.10. The van der Waals surface area contributed by atoms with E-state index in [0.29, 0.717) is 10.8 Å². The van der Waals surface area contributed by atoms with E-state index in [2.05, 4.69) is 34.8 Å². The molecule has 0 amide bonds. The van der Waals surface area contributed by atoms with Crippen LogP contribution in [-0.4, -0.2) is 12.8 Å². The number of rotatable bonds is 1. The van der Waals surface area contributed by atoms with Gasteiger partial charge in [0.1, 0.15) is 4.60 Å². The summed E-state index contributed by atoms with van der Waals surface area (Å²) in [6.45, 7) is 4.25. The Morgan fingerprint density at radius 2 is 2.20 bits per heavy atom. The minimum atomic E-state index is 0.504. The van der Waals surface area contributed by atoms with Crippen molar-refractivity contribution < 1.29 is 0 Å². The van der Waals surface area contributed by atoms with Gasteiger partial charge in [-0.3, -0.25) is 0 Å². The van der Waals surface area contributed by atoms with Crippen LogP contribution in [0.25, 0.3) is 0 Å². The largest absolute Gasteiger partial charge is 0.246 e. The van der Waals surface area contributed by atoms with E-state index < -0.39 is 0 Å². The lowest BCUT2D eigenvalue weighted by atomic mass is 10.2. The van der Waals surface area contributed by atoms with E-state index in [1.54, 1.807) is 11.3 Å². The SMILES string of the molecule is [B]c1nc(Br)c(C(C)C)s1. The Labute approximate surface area is 74.4 Å². The summed E-state index contributed by atoms with van der Waals surface area (Å²) in [5, 5.41) is 0. The molecule has 1 aromatic rings. The lowest BCUT2D eigenvalue weighted by Crippen LogP contribution is -1.96. The molecule has 1 rings (SSSR count). The molecular formula is C6H7BBrNS. The third-order valence-electron chi connectivity index (χ3n) is 1.15. The predicted octanol–water partition coefficient (Wildman–Crippen LogP) is 1.82. The Hall–Kier alpha value is 0.175. The third-order valence-corrected chi connectivity index (χ3v) is 3.20. The van der Waals surface area contributed by atoms with Gasteiger partial charge in [-0.1, -0.05) is 13.8 Å². The van der Waals surface area contributed by atoms with Gasteiger partial charge in [0.05, 0.1) is 0 Å². The minimum absolute atomic E-state index is 0.504. The maximum atomic E-state index is 5.49. The van der Waals surface area contributed by atoms with Crippen LogP contribution >= 0.6 is 27.3 Å². The standard InChI is InChI=1S/C6H7BBrNS/c1-3(2)4-5(8)9-6(7)10-4/h3H,1-2H3. The Kier molecular flexibility index (Phi) is 2.52. The van der Waals surface area contributed by atoms with E-state index in [-0.39, 0.29) is 0 Å². The van der Waals surface area contributed by atoms with Crippen molar-refractivity contribution in [3.63, 3.8) is 0 Å². The molecule has 0 saturated heterocycles. The van der Waals surface area contributed by atoms with Gasteiger partial charge in [-0.15, -0.1) is 11.3 Å². The van der Waals surface area contributed by atoms with Crippen LogP contribution in [0.3, 0.4) is 0 Å². The highest BCUT2D eigenvalue weighted by molar-refractivity contribution is 9.10. The van der Waals surface area contributed by atoms with Crippen LogP contribution < -0.4 is 4.91 Å². The molecule has 0 aliphatic carbocycles. The highest BCUT2D eigenvalue weighted by Gasteiger charge is 2.08. The Morgan fingerprint density at radius 1 is 1.60 bits per heavy atom. The predicted molar refractivity (Wildman–Crippen MR) is 49.3 cm³/mol. The van der Waals surface area contributed by atoms with E-state index in [1.807, 2.05) is 0 Å². The molecule has 1 nitrogen and oxygen atoms in total. The van der Waals surface area contributed by atoms with Crippen LogP contribution in [0.5, 0.6) is 0 Å². The minimum Gasteiger partial charge on any atom is -0.246 e. The van der Waals surface area contributed by atoms with Gasteiger partial charge >= 0.3 is 0 Å². The van der Waals surface area contributed by atoms with Crippen LogP contribution in [-0.2, 0) is 0 Å². The zero-order valence-corrected chi connectivity index (χ0v) is 8.29. The van der Waals surface area contributed by atoms with Crippen molar-refractivity contribution in [1.29, 1.82) is 0 Å². The molecule has 0 atom stereocenters. The molecule has 0 aromatic carbocycles. The molecule has 0 saturated carbocycles. The van der Waals surface area contributed by atoms with Gasteiger partial charge in [0.25, 0.3) is 0 Å². The van der Waals surface area contributed by atoms with Crippen molar-refractivity contribution in [3.8, 4) is 0 Å². The van der Waals surface area contributed by atoms with Crippen molar-refractivity contribution in [1.82, 2.24) is 4.98 Å². The lowest BCUT2D eigenvalue weighted by Gasteiger charge is -1.97. The van der Waals surface area contributed by atoms with E-state index in [4.69, 9.17) is 7.85 Å². The highest BCUT2D eigenvalue weighted by Crippen LogP contribution is 2.25. The van der Waals surface area contributed by atoms with Crippen molar-refractivity contribution >= 4 is 40.0 Å². The topological polar surface area (TPSA) is 12.9 Å². The Balaban J connectivity index is 3.03. The van der Waals surface area contributed by atoms with Gasteiger partial charge in [0.2, 0.25) is 0 Å². The fraction of sp³-hybridized carbons (Fsp3) is 0.500. The van der Waals surface area contributed by atoms with Gasteiger partial charge in [-0.05, 0) is 21.8 Å². The van der Waals surface area contributed by atoms with Gasteiger partial charge in [0.15, 0.2) is 7.85 Å². The van der Waals surface area contributed by atoms with Crippen LogP contribution in [0.4, 0.5) is 0 Å². The maximum absolute atomic E-state index is 5.49. The molecule has 0 N–H and O–H groups in total. The third kappa shape index (κ3) is 1.61. The first-order chi connectivity index (χ1) is 4.61. The molecule has 1 heterocycles. The van der Waals surface area contributed by atoms with Gasteiger partial charge in [-0.25, -0.2) is 4.98 Å². The lowest BCUT2D eigenvalue weighted by molar-refractivity contribution is 0.879. The van der Waals surface area contributed by atoms with E-state index in [1.165, 1.54) is 4.88 Å². The number of aromatic nitrogens is 1. The van der Waals surface area contributed by atoms with Crippen LogP contribution in [0.2, 0.25) is 0 Å². The van der Waals surface area contributed by atoms with Crippen molar-refractivity contribution in [2.75, 3.05) is 0 Å². The molecule has 2 radical (unpaired) electrons. The summed E-state index contributed by atoms with van der Waals surface area (Å²) in [5.74, 6) is 0.504. The van der Waals surface area contributed by atoms with Crippen molar-refractivity contribution in [2.45, 2.75) is 19.8 Å². The van der Waals surface area contributed by atoms with Gasteiger partial charge in [0, 0.05) is 9.78 Å². The maximum Gasteiger partial charge on any atom is 0.157 e. The first-order valence-electron chi connectivity index (χ1n) is 3.03. The molecule has 1 aromatic heterocycles. The average molecular weight is 216 g/mol. The zero-order chi connectivity index (χ0) is 7.72. The second kappa shape index (κ2) is 3.05. The summed E-state index contributed by atoms with van der Waals surface area (Å²) >= 11 is 4.88. The molecule has 0 spiro atoms. The first-order valence-corrected chi connectivity index (χ1v) is 4.64.